The van der Waals surface area contributed by atoms with Crippen LogP contribution < -0.4 is 10.6 Å². The molecule has 0 aliphatic carbocycles. The molecule has 122 valence electrons. The van der Waals surface area contributed by atoms with Crippen LogP contribution in [0, 0.1) is 0 Å². The lowest BCUT2D eigenvalue weighted by Gasteiger charge is -2.14. The highest BCUT2D eigenvalue weighted by molar-refractivity contribution is 9.10. The molecule has 25 heavy (non-hydrogen) atoms. The molecular formula is C19H13BrN4O. The predicted molar refractivity (Wildman–Crippen MR) is 102 cm³/mol. The van der Waals surface area contributed by atoms with E-state index in [9.17, 15) is 4.79 Å². The summed E-state index contributed by atoms with van der Waals surface area (Å²) in [4.78, 5) is 20.8. The van der Waals surface area contributed by atoms with Gasteiger partial charge in [-0.25, -0.2) is 9.97 Å². The Hall–Kier alpha value is -2.99. The molecule has 0 radical (unpaired) electrons. The van der Waals surface area contributed by atoms with E-state index in [0.29, 0.717) is 17.0 Å². The average molecular weight is 393 g/mol. The second-order valence-corrected chi connectivity index (χ2v) is 6.43. The number of carbonyl (C=O) groups is 1. The van der Waals surface area contributed by atoms with Crippen LogP contribution >= 0.6 is 15.9 Å². The van der Waals surface area contributed by atoms with Gasteiger partial charge in [0.05, 0.1) is 29.4 Å². The quantitative estimate of drug-likeness (QED) is 0.656. The van der Waals surface area contributed by atoms with Crippen LogP contribution in [0.1, 0.15) is 11.1 Å². The lowest BCUT2D eigenvalue weighted by atomic mass is 10.0. The van der Waals surface area contributed by atoms with Gasteiger partial charge in [0, 0.05) is 15.7 Å². The number of hydrogen-bond donors (Lipinski definition) is 2. The number of amides is 1. The monoisotopic (exact) mass is 392 g/mol. The minimum Gasteiger partial charge on any atom is -0.352 e. The van der Waals surface area contributed by atoms with Crippen molar-refractivity contribution in [2.24, 2.45) is 0 Å². The van der Waals surface area contributed by atoms with E-state index in [1.165, 1.54) is 6.33 Å². The third kappa shape index (κ3) is 3.04. The molecule has 2 heterocycles. The summed E-state index contributed by atoms with van der Waals surface area (Å²) >= 11 is 3.48. The Morgan fingerprint density at radius 1 is 1.04 bits per heavy atom. The first-order valence-corrected chi connectivity index (χ1v) is 8.44. The van der Waals surface area contributed by atoms with Gasteiger partial charge in [-0.15, -0.1) is 0 Å². The highest BCUT2D eigenvalue weighted by Crippen LogP contribution is 2.38. The zero-order chi connectivity index (χ0) is 17.2. The number of anilines is 2. The first-order chi connectivity index (χ1) is 12.2. The highest BCUT2D eigenvalue weighted by Gasteiger charge is 2.28. The molecule has 1 aliphatic heterocycles. The summed E-state index contributed by atoms with van der Waals surface area (Å²) in [5.74, 6) is -0.142. The number of hydrogen-bond acceptors (Lipinski definition) is 4. The van der Waals surface area contributed by atoms with Crippen molar-refractivity contribution >= 4 is 44.5 Å². The number of benzene rings is 2. The Labute approximate surface area is 153 Å². The second kappa shape index (κ2) is 6.49. The van der Waals surface area contributed by atoms with Crippen LogP contribution in [0.5, 0.6) is 0 Å². The smallest absolute Gasteiger partial charge is 0.258 e. The van der Waals surface area contributed by atoms with E-state index in [-0.39, 0.29) is 5.91 Å². The normalized spacial score (nSPS) is 14.7. The SMILES string of the molecule is O=C1Nc2ccc(Br)cc2/C1=C(/Nc1cncnc1)c1ccccc1. The summed E-state index contributed by atoms with van der Waals surface area (Å²) < 4.78 is 0.913. The number of halogens is 1. The summed E-state index contributed by atoms with van der Waals surface area (Å²) in [5.41, 5.74) is 4.57. The van der Waals surface area contributed by atoms with E-state index in [0.717, 1.165) is 21.3 Å². The maximum Gasteiger partial charge on any atom is 0.258 e. The molecule has 0 saturated carbocycles. The molecule has 0 unspecified atom stereocenters. The largest absolute Gasteiger partial charge is 0.352 e. The number of nitrogens with one attached hydrogen (secondary N) is 2. The van der Waals surface area contributed by atoms with Gasteiger partial charge in [-0.1, -0.05) is 46.3 Å². The van der Waals surface area contributed by atoms with Gasteiger partial charge in [0.15, 0.2) is 0 Å². The topological polar surface area (TPSA) is 66.9 Å². The molecule has 0 fully saturated rings. The number of aromatic nitrogens is 2. The van der Waals surface area contributed by atoms with Gasteiger partial charge < -0.3 is 10.6 Å². The molecule has 2 aromatic carbocycles. The fourth-order valence-electron chi connectivity index (χ4n) is 2.78. The zero-order valence-electron chi connectivity index (χ0n) is 13.0. The maximum absolute atomic E-state index is 12.7. The third-order valence-electron chi connectivity index (χ3n) is 3.87. The van der Waals surface area contributed by atoms with E-state index in [1.54, 1.807) is 12.4 Å². The fourth-order valence-corrected chi connectivity index (χ4v) is 3.14. The molecule has 0 spiro atoms. The van der Waals surface area contributed by atoms with Crippen LogP contribution in [0.15, 0.2) is 71.7 Å². The van der Waals surface area contributed by atoms with E-state index >= 15 is 0 Å². The second-order valence-electron chi connectivity index (χ2n) is 5.51. The van der Waals surface area contributed by atoms with Gasteiger partial charge in [-0.2, -0.15) is 0 Å². The fraction of sp³-hybridized carbons (Fsp3) is 0. The Balaban J connectivity index is 1.93. The molecule has 1 aliphatic rings. The Morgan fingerprint density at radius 2 is 1.80 bits per heavy atom. The lowest BCUT2D eigenvalue weighted by molar-refractivity contribution is -0.110. The summed E-state index contributed by atoms with van der Waals surface area (Å²) in [6, 6.07) is 15.5. The molecule has 5 nitrogen and oxygen atoms in total. The van der Waals surface area contributed by atoms with Gasteiger partial charge in [0.2, 0.25) is 0 Å². The Bertz CT molecular complexity index is 971. The van der Waals surface area contributed by atoms with Crippen molar-refractivity contribution in [2.75, 3.05) is 10.6 Å². The van der Waals surface area contributed by atoms with Crippen molar-refractivity contribution in [1.82, 2.24) is 9.97 Å². The predicted octanol–water partition coefficient (Wildman–Crippen LogP) is 4.17. The maximum atomic E-state index is 12.7. The molecule has 1 amide bonds. The van der Waals surface area contributed by atoms with Gasteiger partial charge in [-0.3, -0.25) is 4.79 Å². The molecular weight excluding hydrogens is 380 g/mol. The van der Waals surface area contributed by atoms with Crippen molar-refractivity contribution in [3.8, 4) is 0 Å². The van der Waals surface area contributed by atoms with Crippen LogP contribution in [0.25, 0.3) is 11.3 Å². The van der Waals surface area contributed by atoms with Crippen LogP contribution in [-0.2, 0) is 4.79 Å². The van der Waals surface area contributed by atoms with Crippen molar-refractivity contribution in [1.29, 1.82) is 0 Å². The van der Waals surface area contributed by atoms with Gasteiger partial charge in [0.25, 0.3) is 5.91 Å². The van der Waals surface area contributed by atoms with Crippen molar-refractivity contribution in [3.63, 3.8) is 0 Å². The van der Waals surface area contributed by atoms with E-state index in [4.69, 9.17) is 0 Å². The number of fused-ring (bicyclic) bond motifs is 1. The summed E-state index contributed by atoms with van der Waals surface area (Å²) in [7, 11) is 0. The van der Waals surface area contributed by atoms with Crippen LogP contribution in [0.2, 0.25) is 0 Å². The van der Waals surface area contributed by atoms with Crippen LogP contribution in [-0.4, -0.2) is 15.9 Å². The first kappa shape index (κ1) is 15.5. The van der Waals surface area contributed by atoms with Crippen molar-refractivity contribution in [3.05, 3.63) is 82.9 Å². The molecule has 1 aromatic heterocycles. The summed E-state index contributed by atoms with van der Waals surface area (Å²) in [6.07, 6.45) is 4.81. The molecule has 3 aromatic rings. The molecule has 0 saturated heterocycles. The average Bonchev–Trinajstić information content (AvgIpc) is 2.96. The van der Waals surface area contributed by atoms with Gasteiger partial charge in [-0.05, 0) is 23.8 Å². The standard InChI is InChI=1S/C19H13BrN4O/c20-13-6-7-16-15(8-13)17(19(25)24-16)18(12-4-2-1-3-5-12)23-14-9-21-11-22-10-14/h1-11,23H,(H,24,25)/b18-17-. The number of carbonyl (C=O) groups excluding carboxylic acids is 1. The zero-order valence-corrected chi connectivity index (χ0v) is 14.6. The minimum absolute atomic E-state index is 0.142. The number of nitrogens with zero attached hydrogens (tertiary/aromatic N) is 2. The summed E-state index contributed by atoms with van der Waals surface area (Å²) in [5, 5.41) is 6.23. The molecule has 0 atom stereocenters. The van der Waals surface area contributed by atoms with Crippen LogP contribution in [0.3, 0.4) is 0 Å². The van der Waals surface area contributed by atoms with Gasteiger partial charge >= 0.3 is 0 Å². The first-order valence-electron chi connectivity index (χ1n) is 7.65. The highest BCUT2D eigenvalue weighted by atomic mass is 79.9. The number of rotatable bonds is 3. The van der Waals surface area contributed by atoms with Crippen molar-refractivity contribution < 1.29 is 4.79 Å². The Morgan fingerprint density at radius 3 is 2.56 bits per heavy atom. The lowest BCUT2D eigenvalue weighted by Crippen LogP contribution is -2.10. The van der Waals surface area contributed by atoms with Crippen molar-refractivity contribution in [2.45, 2.75) is 0 Å². The van der Waals surface area contributed by atoms with E-state index in [1.807, 2.05) is 48.5 Å². The van der Waals surface area contributed by atoms with Gasteiger partial charge in [0.1, 0.15) is 6.33 Å². The van der Waals surface area contributed by atoms with E-state index in [2.05, 4.69) is 36.5 Å². The van der Waals surface area contributed by atoms with Crippen LogP contribution in [0.4, 0.5) is 11.4 Å². The molecule has 4 rings (SSSR count). The molecule has 2 N–H and O–H groups in total. The summed E-state index contributed by atoms with van der Waals surface area (Å²) in [6.45, 7) is 0. The molecule has 0 bridgehead atoms. The minimum atomic E-state index is -0.142. The van der Waals surface area contributed by atoms with E-state index < -0.39 is 0 Å². The Kier molecular flexibility index (Phi) is 4.03. The molecule has 6 heteroatoms. The third-order valence-corrected chi connectivity index (χ3v) is 4.36.